The lowest BCUT2D eigenvalue weighted by molar-refractivity contribution is 0.284. The molecule has 0 fully saturated rings. The quantitative estimate of drug-likeness (QED) is 0.0277. The number of methoxy groups -OCH3 is 1. The average Bonchev–Trinajstić information content (AvgIpc) is 3.24. The van der Waals surface area contributed by atoms with Gasteiger partial charge in [-0.3, -0.25) is 18.4 Å². The Balaban J connectivity index is 1.26. The van der Waals surface area contributed by atoms with Crippen LogP contribution < -0.4 is 26.7 Å². The number of sulfone groups is 1. The molecule has 0 amide bonds. The number of nitrogens with zero attached hydrogens (tertiary/aromatic N) is 6. The molecule has 0 aliphatic heterocycles. The van der Waals surface area contributed by atoms with Crippen molar-refractivity contribution in [3.63, 3.8) is 0 Å². The first-order valence-corrected chi connectivity index (χ1v) is 25.8. The number of nitrogen functional groups attached to an aromatic ring is 3. The first kappa shape index (κ1) is 50.2. The van der Waals surface area contributed by atoms with Crippen LogP contribution in [-0.2, 0) is 54.7 Å². The van der Waals surface area contributed by atoms with E-state index in [9.17, 15) is 56.3 Å². The Hall–Kier alpha value is -7.23. The largest absolute Gasteiger partial charge is 0.505 e. The zero-order valence-electron chi connectivity index (χ0n) is 34.3. The van der Waals surface area contributed by atoms with Crippen LogP contribution in [0.3, 0.4) is 0 Å². The number of rotatable bonds is 17. The second kappa shape index (κ2) is 19.2. The Labute approximate surface area is 386 Å². The minimum Gasteiger partial charge on any atom is -0.505 e. The fourth-order valence-corrected chi connectivity index (χ4v) is 9.76. The van der Waals surface area contributed by atoms with E-state index in [1.807, 2.05) is 0 Å². The lowest BCUT2D eigenvalue weighted by Gasteiger charge is -2.14. The molecular formula is C37H34N10O16S5. The Kier molecular flexibility index (Phi) is 14.1. The number of phenolic OH excluding ortho intramolecular Hbond substituents is 1. The van der Waals surface area contributed by atoms with Gasteiger partial charge in [0, 0.05) is 11.8 Å². The summed E-state index contributed by atoms with van der Waals surface area (Å²) in [4.78, 5) is -2.76. The first-order chi connectivity index (χ1) is 31.7. The number of hydrogen-bond acceptors (Lipinski definition) is 22. The molecule has 0 aromatic heterocycles. The van der Waals surface area contributed by atoms with E-state index in [1.165, 1.54) is 55.6 Å². The third-order valence-electron chi connectivity index (χ3n) is 9.10. The molecule has 31 heteroatoms. The Bertz CT molecular complexity index is 3630. The molecule has 26 nitrogen and oxygen atoms in total. The number of benzene rings is 6. The van der Waals surface area contributed by atoms with Gasteiger partial charge in [-0.25, -0.2) is 21.0 Å². The van der Waals surface area contributed by atoms with Crippen molar-refractivity contribution in [2.24, 2.45) is 30.7 Å². The van der Waals surface area contributed by atoms with Crippen molar-refractivity contribution in [3.8, 4) is 11.5 Å². The van der Waals surface area contributed by atoms with E-state index in [-0.39, 0.29) is 38.2 Å². The Morgan fingerprint density at radius 1 is 0.588 bits per heavy atom. The number of hydrogen-bond donors (Lipinski definition) is 8. The third kappa shape index (κ3) is 11.8. The highest BCUT2D eigenvalue weighted by Crippen LogP contribution is 2.48. The van der Waals surface area contributed by atoms with Gasteiger partial charge >= 0.3 is 10.4 Å². The summed E-state index contributed by atoms with van der Waals surface area (Å²) in [5.41, 5.74) is 16.7. The molecule has 11 N–H and O–H groups in total. The molecule has 0 saturated heterocycles. The topological polar surface area (TPSA) is 434 Å². The molecule has 0 radical (unpaired) electrons. The lowest BCUT2D eigenvalue weighted by Crippen LogP contribution is -2.15. The number of aromatic hydroxyl groups is 1. The minimum atomic E-state index is -5.29. The van der Waals surface area contributed by atoms with E-state index in [0.29, 0.717) is 29.3 Å². The SMILES string of the molecule is COc1cc(N=Nc2ccc(NS(=O)(=O)c3ccc(N=Nc4c(S(=O)(=O)O)cc5cc(S(=O)(=O)O)c(N=Nc6ccc(S(=O)(=O)CCOS(=O)(=O)O)cc6)c(O)c5c4N)cc3)cc2)c(N)cc1N. The van der Waals surface area contributed by atoms with Gasteiger partial charge in [0.05, 0.1) is 68.8 Å². The van der Waals surface area contributed by atoms with Crippen molar-refractivity contribution in [3.05, 3.63) is 97.1 Å². The van der Waals surface area contributed by atoms with Crippen LogP contribution in [0.15, 0.2) is 147 Å². The predicted octanol–water partition coefficient (Wildman–Crippen LogP) is 6.43. The van der Waals surface area contributed by atoms with Gasteiger partial charge in [-0.1, -0.05) is 0 Å². The number of nitrogens with one attached hydrogen (secondary N) is 1. The van der Waals surface area contributed by atoms with Gasteiger partial charge in [-0.05, 0) is 96.4 Å². The number of fused-ring (bicyclic) bond motifs is 1. The molecule has 0 aliphatic carbocycles. The van der Waals surface area contributed by atoms with Gasteiger partial charge in [0.25, 0.3) is 30.3 Å². The zero-order chi connectivity index (χ0) is 50.0. The molecule has 68 heavy (non-hydrogen) atoms. The highest BCUT2D eigenvalue weighted by atomic mass is 32.3. The summed E-state index contributed by atoms with van der Waals surface area (Å²) in [5.74, 6) is -1.62. The molecule has 0 bridgehead atoms. The predicted molar refractivity (Wildman–Crippen MR) is 244 cm³/mol. The molecule has 0 spiro atoms. The van der Waals surface area contributed by atoms with E-state index < -0.39 is 106 Å². The average molecular weight is 1040 g/mol. The van der Waals surface area contributed by atoms with Crippen LogP contribution in [0, 0.1) is 0 Å². The van der Waals surface area contributed by atoms with Crippen LogP contribution in [0.2, 0.25) is 0 Å². The maximum Gasteiger partial charge on any atom is 0.397 e. The van der Waals surface area contributed by atoms with Crippen LogP contribution in [0.4, 0.5) is 56.9 Å². The third-order valence-corrected chi connectivity index (χ3v) is 14.4. The summed E-state index contributed by atoms with van der Waals surface area (Å²) in [6.45, 7) is -0.908. The summed E-state index contributed by atoms with van der Waals surface area (Å²) in [6, 6.07) is 18.9. The number of anilines is 4. The number of nitrogens with two attached hydrogens (primary N) is 3. The monoisotopic (exact) mass is 1030 g/mol. The fourth-order valence-electron chi connectivity index (χ4n) is 5.89. The Morgan fingerprint density at radius 3 is 1.59 bits per heavy atom. The normalized spacial score (nSPS) is 12.9. The van der Waals surface area contributed by atoms with Crippen molar-refractivity contribution < 1.29 is 69.8 Å². The van der Waals surface area contributed by atoms with Gasteiger partial charge in [0.1, 0.15) is 32.6 Å². The van der Waals surface area contributed by atoms with Gasteiger partial charge in [-0.2, -0.15) is 40.6 Å². The van der Waals surface area contributed by atoms with E-state index in [0.717, 1.165) is 36.4 Å². The summed E-state index contributed by atoms with van der Waals surface area (Å²) in [6.07, 6.45) is 0. The van der Waals surface area contributed by atoms with Crippen LogP contribution in [-0.4, -0.2) is 80.3 Å². The standard InChI is InChI=1S/C37H34N10O16S5/c1-62-30-19-29(27(38)18-28(30)39)44-41-21-2-4-24(5-3-21)47-65(51,52)26-12-8-23(9-13-26)42-45-35-31(66(53,54)55)16-20-17-32(67(56,57)58)36(37(48)33(20)34(35)40)46-43-22-6-10-25(11-7-22)64(49,50)15-14-63-68(59,60)61/h2-13,16-19,47-48H,14-15,38-40H2,1H3,(H,53,54,55)(H,56,57,58)(H,59,60,61). The first-order valence-electron chi connectivity index (χ1n) is 18.4. The molecule has 6 aromatic carbocycles. The van der Waals surface area contributed by atoms with Crippen LogP contribution in [0.25, 0.3) is 10.8 Å². The number of phenols is 1. The number of ether oxygens (including phenoxy) is 1. The van der Waals surface area contributed by atoms with Crippen molar-refractivity contribution >= 4 is 118 Å². The maximum atomic E-state index is 13.2. The molecule has 0 aliphatic rings. The van der Waals surface area contributed by atoms with Gasteiger partial charge in [0.2, 0.25) is 0 Å². The minimum absolute atomic E-state index is 0.0792. The molecule has 0 atom stereocenters. The van der Waals surface area contributed by atoms with Crippen molar-refractivity contribution in [2.75, 3.05) is 41.4 Å². The van der Waals surface area contributed by atoms with Crippen molar-refractivity contribution in [1.82, 2.24) is 0 Å². The molecule has 0 saturated carbocycles. The maximum absolute atomic E-state index is 13.2. The van der Waals surface area contributed by atoms with Gasteiger partial charge in [0.15, 0.2) is 15.6 Å². The van der Waals surface area contributed by atoms with Crippen LogP contribution in [0.5, 0.6) is 11.5 Å². The van der Waals surface area contributed by atoms with Gasteiger partial charge < -0.3 is 27.0 Å². The van der Waals surface area contributed by atoms with Crippen LogP contribution >= 0.6 is 0 Å². The summed E-state index contributed by atoms with van der Waals surface area (Å²) in [7, 11) is -22.4. The van der Waals surface area contributed by atoms with Crippen molar-refractivity contribution in [2.45, 2.75) is 19.6 Å². The summed E-state index contributed by atoms with van der Waals surface area (Å²) < 4.78 is 163. The van der Waals surface area contributed by atoms with E-state index in [4.69, 9.17) is 26.5 Å². The highest BCUT2D eigenvalue weighted by Gasteiger charge is 2.28. The van der Waals surface area contributed by atoms with Crippen LogP contribution in [0.1, 0.15) is 0 Å². The number of azo groups is 3. The Morgan fingerprint density at radius 2 is 1.07 bits per heavy atom. The molecular weight excluding hydrogens is 1000 g/mol. The number of sulfonamides is 1. The molecule has 6 rings (SSSR count). The molecule has 0 heterocycles. The lowest BCUT2D eigenvalue weighted by atomic mass is 10.1. The smallest absolute Gasteiger partial charge is 0.397 e. The molecule has 6 aromatic rings. The zero-order valence-corrected chi connectivity index (χ0v) is 38.4. The second-order valence-electron chi connectivity index (χ2n) is 13.7. The highest BCUT2D eigenvalue weighted by molar-refractivity contribution is 7.92. The fraction of sp³-hybridized carbons (Fsp3) is 0.0811. The summed E-state index contributed by atoms with van der Waals surface area (Å²) in [5, 5.41) is 33.7. The van der Waals surface area contributed by atoms with E-state index >= 15 is 0 Å². The van der Waals surface area contributed by atoms with E-state index in [2.05, 4.69) is 39.6 Å². The second-order valence-corrected chi connectivity index (χ2v) is 21.4. The van der Waals surface area contributed by atoms with E-state index in [1.54, 1.807) is 0 Å². The van der Waals surface area contributed by atoms with Gasteiger partial charge in [-0.15, -0.1) is 15.3 Å². The molecule has 0 unspecified atom stereocenters. The van der Waals surface area contributed by atoms with Crippen molar-refractivity contribution in [1.29, 1.82) is 0 Å². The molecule has 358 valence electrons. The summed E-state index contributed by atoms with van der Waals surface area (Å²) >= 11 is 0.